The number of aliphatic hydroxyl groups excluding tert-OH is 1. The maximum Gasteiger partial charge on any atom is 0.310 e. The van der Waals surface area contributed by atoms with Gasteiger partial charge in [0, 0.05) is 56.5 Å². The number of allylic oxidation sites excluding steroid dienone is 2. The zero-order chi connectivity index (χ0) is 47.5. The van der Waals surface area contributed by atoms with Gasteiger partial charge in [-0.15, -0.1) is 0 Å². The predicted octanol–water partition coefficient (Wildman–Crippen LogP) is 6.89. The molecule has 0 unspecified atom stereocenters. The first kappa shape index (κ1) is 51.0. The number of aromatic amines is 1. The van der Waals surface area contributed by atoms with E-state index in [9.17, 15) is 29.4 Å². The summed E-state index contributed by atoms with van der Waals surface area (Å²) in [5.74, 6) is 1.71. The van der Waals surface area contributed by atoms with E-state index >= 15 is 0 Å². The number of amides is 2. The van der Waals surface area contributed by atoms with Gasteiger partial charge in [0.25, 0.3) is 5.91 Å². The van der Waals surface area contributed by atoms with E-state index in [1.54, 1.807) is 35.2 Å². The lowest BCUT2D eigenvalue weighted by Gasteiger charge is -2.42. The summed E-state index contributed by atoms with van der Waals surface area (Å²) in [5, 5.41) is 24.9. The Balaban J connectivity index is 0.000000736. The van der Waals surface area contributed by atoms with Crippen molar-refractivity contribution in [3.63, 3.8) is 0 Å². The Hall–Kier alpha value is -5.41. The van der Waals surface area contributed by atoms with Crippen molar-refractivity contribution in [2.75, 3.05) is 78.4 Å². The number of nitrogens with one attached hydrogen (secondary N) is 2. The molecule has 0 bridgehead atoms. The number of aromatic nitrogens is 1. The predicted molar refractivity (Wildman–Crippen MR) is 266 cm³/mol. The van der Waals surface area contributed by atoms with Crippen LogP contribution in [0.5, 0.6) is 11.5 Å². The molecule has 0 saturated carbocycles. The van der Waals surface area contributed by atoms with Gasteiger partial charge in [0.15, 0.2) is 6.61 Å². The molecule has 1 atom stereocenters. The third-order valence-electron chi connectivity index (χ3n) is 12.7. The van der Waals surface area contributed by atoms with Crippen LogP contribution in [0.3, 0.4) is 0 Å². The molecule has 0 spiro atoms. The van der Waals surface area contributed by atoms with Crippen molar-refractivity contribution in [1.29, 1.82) is 0 Å². The summed E-state index contributed by atoms with van der Waals surface area (Å²) in [6.07, 6.45) is 12.7. The summed E-state index contributed by atoms with van der Waals surface area (Å²) >= 11 is 1.85. The third kappa shape index (κ3) is 15.6. The van der Waals surface area contributed by atoms with Crippen molar-refractivity contribution in [2.24, 2.45) is 17.8 Å². The van der Waals surface area contributed by atoms with Crippen LogP contribution in [-0.2, 0) is 31.3 Å². The van der Waals surface area contributed by atoms with Gasteiger partial charge in [0.1, 0.15) is 11.5 Å². The van der Waals surface area contributed by atoms with Crippen LogP contribution in [0.25, 0.3) is 10.9 Å². The molecular weight excluding hydrogens is 867 g/mol. The number of hydrogen-bond donors (Lipinski definition) is 4. The van der Waals surface area contributed by atoms with Crippen molar-refractivity contribution in [2.45, 2.75) is 64.2 Å². The normalized spacial score (nSPS) is 16.9. The van der Waals surface area contributed by atoms with Crippen molar-refractivity contribution in [3.05, 3.63) is 130 Å². The number of piperidine rings is 2. The molecule has 67 heavy (non-hydrogen) atoms. The van der Waals surface area contributed by atoms with Gasteiger partial charge in [-0.05, 0) is 123 Å². The summed E-state index contributed by atoms with van der Waals surface area (Å²) < 4.78 is 11.5. The molecule has 3 aliphatic heterocycles. The lowest BCUT2D eigenvalue weighted by Crippen LogP contribution is -2.58. The van der Waals surface area contributed by atoms with Crippen molar-refractivity contribution in [3.8, 4) is 11.5 Å². The first-order chi connectivity index (χ1) is 32.5. The minimum Gasteiger partial charge on any atom is -0.506 e. The van der Waals surface area contributed by atoms with Crippen LogP contribution in [0.15, 0.2) is 107 Å². The molecule has 3 aromatic carbocycles. The molecule has 1 aromatic heterocycles. The molecule has 7 rings (SSSR count). The number of carbonyl (C=O) groups excluding carboxylic acids is 3. The maximum absolute atomic E-state index is 13.2. The van der Waals surface area contributed by atoms with Crippen LogP contribution in [0, 0.1) is 17.8 Å². The average molecular weight is 936 g/mol. The lowest BCUT2D eigenvalue weighted by atomic mass is 9.93. The number of ether oxygens (including phenoxy) is 2. The SMILES string of the molecule is C/C=C\C(=C/CC)CN1CCC(COC(=O)Cc2cccc(OCC(=O)N3CC(C(=O)N4CCC(CNC[C@H](O)c5ccc(O)c6[nH]c(=O)ccc56)CC4)C3)c2)CC1.CSCc1ccccc1. The second-order valence-corrected chi connectivity index (χ2v) is 18.7. The zero-order valence-corrected chi connectivity index (χ0v) is 40.2. The number of phenolic OH excluding ortho intramolecular Hbond substituents is 1. The number of carbonyl (C=O) groups is 3. The number of esters is 1. The second kappa shape index (κ2) is 26.2. The van der Waals surface area contributed by atoms with E-state index in [1.807, 2.05) is 35.7 Å². The molecule has 0 radical (unpaired) electrons. The van der Waals surface area contributed by atoms with Crippen LogP contribution < -0.4 is 15.6 Å². The number of nitrogens with zero attached hydrogens (tertiary/aromatic N) is 3. The molecule has 4 N–H and O–H groups in total. The number of H-pyrrole nitrogens is 1. The molecule has 0 aliphatic carbocycles. The zero-order valence-electron chi connectivity index (χ0n) is 39.4. The Morgan fingerprint density at radius 2 is 1.64 bits per heavy atom. The van der Waals surface area contributed by atoms with Crippen LogP contribution in [0.1, 0.15) is 68.7 Å². The van der Waals surface area contributed by atoms with Gasteiger partial charge in [-0.3, -0.25) is 24.1 Å². The monoisotopic (exact) mass is 935 g/mol. The van der Waals surface area contributed by atoms with Crippen molar-refractivity contribution >= 4 is 40.4 Å². The standard InChI is InChI=1S/C45H59N5O8.C8H10S/c1-3-6-32(7-4-2)26-48-18-14-33(15-19-48)29-58-43(55)23-34-8-5-9-36(22-34)57-30-42(54)50-27-35(28-50)45(56)49-20-16-31(17-21-49)24-46-25-40(52)37-10-12-39(51)44-38(37)11-13-41(53)47-44;1-9-7-8-5-3-2-4-6-8/h3,5-13,22,31,33,35,40,46,51-52H,4,14-21,23-30H2,1-2H3,(H,47,53);2-6H,7H2,1H3/b6-3-,32-7+;/t40-;/m0./s1. The number of thioether (sulfide) groups is 1. The minimum absolute atomic E-state index is 0.0464. The molecule has 3 aliphatic rings. The van der Waals surface area contributed by atoms with E-state index in [4.69, 9.17) is 9.47 Å². The van der Waals surface area contributed by atoms with Gasteiger partial charge >= 0.3 is 5.97 Å². The third-order valence-corrected chi connectivity index (χ3v) is 13.4. The van der Waals surface area contributed by atoms with Gasteiger partial charge < -0.3 is 39.8 Å². The van der Waals surface area contributed by atoms with Crippen LogP contribution >= 0.6 is 11.8 Å². The number of phenols is 1. The summed E-state index contributed by atoms with van der Waals surface area (Å²) in [6, 6.07) is 23.8. The molecule has 360 valence electrons. The highest BCUT2D eigenvalue weighted by Crippen LogP contribution is 2.29. The fraction of sp³-hybridized carbons (Fsp3) is 0.472. The Morgan fingerprint density at radius 3 is 2.36 bits per heavy atom. The van der Waals surface area contributed by atoms with Crippen molar-refractivity contribution < 1.29 is 34.1 Å². The molecule has 14 heteroatoms. The van der Waals surface area contributed by atoms with Crippen LogP contribution in [0.4, 0.5) is 0 Å². The number of hydrogen-bond acceptors (Lipinski definition) is 11. The van der Waals surface area contributed by atoms with E-state index in [0.717, 1.165) is 63.1 Å². The van der Waals surface area contributed by atoms with E-state index in [1.165, 1.54) is 23.3 Å². The highest BCUT2D eigenvalue weighted by Gasteiger charge is 2.39. The molecule has 3 fully saturated rings. The first-order valence-electron chi connectivity index (χ1n) is 23.8. The molecule has 2 amide bonds. The van der Waals surface area contributed by atoms with Crippen LogP contribution in [-0.4, -0.2) is 126 Å². The second-order valence-electron chi connectivity index (χ2n) is 17.8. The Labute approximate surface area is 399 Å². The van der Waals surface area contributed by atoms with E-state index in [-0.39, 0.29) is 48.0 Å². The fourth-order valence-electron chi connectivity index (χ4n) is 8.92. The minimum atomic E-state index is -0.828. The molecule has 4 aromatic rings. The number of aromatic hydroxyl groups is 1. The van der Waals surface area contributed by atoms with Gasteiger partial charge in [-0.2, -0.15) is 11.8 Å². The average Bonchev–Trinajstić information content (AvgIpc) is 3.31. The van der Waals surface area contributed by atoms with Gasteiger partial charge in [0.2, 0.25) is 11.5 Å². The number of benzene rings is 3. The summed E-state index contributed by atoms with van der Waals surface area (Å²) in [7, 11) is 0. The highest BCUT2D eigenvalue weighted by atomic mass is 32.2. The molecule has 4 heterocycles. The number of fused-ring (bicyclic) bond motifs is 1. The van der Waals surface area contributed by atoms with E-state index in [2.05, 4.69) is 70.9 Å². The lowest BCUT2D eigenvalue weighted by molar-refractivity contribution is -0.150. The summed E-state index contributed by atoms with van der Waals surface area (Å²) in [5.41, 5.74) is 4.12. The Kier molecular flexibility index (Phi) is 20.0. The molecular formula is C53H69N5O8S. The Morgan fingerprint density at radius 1 is 0.910 bits per heavy atom. The summed E-state index contributed by atoms with van der Waals surface area (Å²) in [4.78, 5) is 59.1. The molecule has 3 saturated heterocycles. The smallest absolute Gasteiger partial charge is 0.310 e. The van der Waals surface area contributed by atoms with E-state index < -0.39 is 6.10 Å². The van der Waals surface area contributed by atoms with Gasteiger partial charge in [-0.1, -0.05) is 73.7 Å². The highest BCUT2D eigenvalue weighted by molar-refractivity contribution is 7.97. The summed E-state index contributed by atoms with van der Waals surface area (Å²) in [6.45, 7) is 10.5. The number of pyridine rings is 1. The van der Waals surface area contributed by atoms with Gasteiger partial charge in [0.05, 0.1) is 30.6 Å². The fourth-order valence-corrected chi connectivity index (χ4v) is 9.45. The largest absolute Gasteiger partial charge is 0.506 e. The van der Waals surface area contributed by atoms with Gasteiger partial charge in [-0.25, -0.2) is 0 Å². The maximum atomic E-state index is 13.2. The first-order valence-corrected chi connectivity index (χ1v) is 25.2. The number of likely N-dealkylation sites (tertiary alicyclic amines) is 3. The van der Waals surface area contributed by atoms with Crippen LogP contribution in [0.2, 0.25) is 0 Å². The Bertz CT molecular complexity index is 2330. The quantitative estimate of drug-likeness (QED) is 0.0572. The topological polar surface area (TPSA) is 165 Å². The number of rotatable bonds is 19. The molecule has 13 nitrogen and oxygen atoms in total. The van der Waals surface area contributed by atoms with E-state index in [0.29, 0.717) is 79.9 Å². The van der Waals surface area contributed by atoms with Crippen molar-refractivity contribution in [1.82, 2.24) is 25.0 Å². The number of aliphatic hydroxyl groups is 1.